The van der Waals surface area contributed by atoms with E-state index < -0.39 is 0 Å². The first-order chi connectivity index (χ1) is 10.8. The van der Waals surface area contributed by atoms with Crippen LogP contribution in [0.4, 0.5) is 4.79 Å². The first-order valence-corrected chi connectivity index (χ1v) is 7.24. The van der Waals surface area contributed by atoms with Crippen LogP contribution in [0.3, 0.4) is 0 Å². The van der Waals surface area contributed by atoms with Crippen molar-refractivity contribution in [1.82, 2.24) is 30.4 Å². The second-order valence-corrected chi connectivity index (χ2v) is 5.06. The molecule has 0 spiro atoms. The van der Waals surface area contributed by atoms with Crippen LogP contribution in [0, 0.1) is 0 Å². The Labute approximate surface area is 127 Å². The molecule has 1 atom stereocenters. The van der Waals surface area contributed by atoms with Crippen molar-refractivity contribution in [2.45, 2.75) is 25.5 Å². The lowest BCUT2D eigenvalue weighted by molar-refractivity contribution is 0.111. The fourth-order valence-electron chi connectivity index (χ4n) is 2.24. The molecular formula is C14H18N6O2. The summed E-state index contributed by atoms with van der Waals surface area (Å²) in [4.78, 5) is 19.9. The van der Waals surface area contributed by atoms with Gasteiger partial charge in [0.15, 0.2) is 5.82 Å². The maximum Gasteiger partial charge on any atom is 0.315 e. The number of hydrogen-bond acceptors (Lipinski definition) is 5. The number of nitrogens with one attached hydrogen (secondary N) is 2. The summed E-state index contributed by atoms with van der Waals surface area (Å²) in [5.74, 6) is 0.684. The summed E-state index contributed by atoms with van der Waals surface area (Å²) in [7, 11) is 0. The Kier molecular flexibility index (Phi) is 4.59. The SMILES string of the molecule is O=C(NCc1ccc(-n2cncn2)nc1)NCC1CCCO1. The second-order valence-electron chi connectivity index (χ2n) is 5.06. The van der Waals surface area contributed by atoms with Crippen LogP contribution in [0.25, 0.3) is 5.82 Å². The lowest BCUT2D eigenvalue weighted by atomic mass is 10.2. The predicted octanol–water partition coefficient (Wildman–Crippen LogP) is 0.640. The van der Waals surface area contributed by atoms with E-state index >= 15 is 0 Å². The van der Waals surface area contributed by atoms with Crippen molar-refractivity contribution >= 4 is 6.03 Å². The third-order valence-electron chi connectivity index (χ3n) is 3.43. The van der Waals surface area contributed by atoms with Crippen LogP contribution >= 0.6 is 0 Å². The smallest absolute Gasteiger partial charge is 0.315 e. The Morgan fingerprint density at radius 2 is 2.36 bits per heavy atom. The van der Waals surface area contributed by atoms with Crippen molar-refractivity contribution in [2.75, 3.05) is 13.2 Å². The Bertz CT molecular complexity index is 592. The van der Waals surface area contributed by atoms with Crippen molar-refractivity contribution in [3.8, 4) is 5.82 Å². The van der Waals surface area contributed by atoms with Crippen LogP contribution in [0.5, 0.6) is 0 Å². The summed E-state index contributed by atoms with van der Waals surface area (Å²) in [6.45, 7) is 1.76. The van der Waals surface area contributed by atoms with Gasteiger partial charge in [0.1, 0.15) is 12.7 Å². The van der Waals surface area contributed by atoms with Crippen LogP contribution in [-0.4, -0.2) is 45.0 Å². The normalized spacial score (nSPS) is 17.4. The summed E-state index contributed by atoms with van der Waals surface area (Å²) in [5.41, 5.74) is 0.913. The van der Waals surface area contributed by atoms with E-state index in [1.165, 1.54) is 6.33 Å². The largest absolute Gasteiger partial charge is 0.376 e. The van der Waals surface area contributed by atoms with Gasteiger partial charge in [-0.15, -0.1) is 0 Å². The first-order valence-electron chi connectivity index (χ1n) is 7.24. The molecule has 1 aliphatic rings. The molecule has 3 heterocycles. The van der Waals surface area contributed by atoms with Gasteiger partial charge in [0.05, 0.1) is 6.10 Å². The topological polar surface area (TPSA) is 94.0 Å². The van der Waals surface area contributed by atoms with Gasteiger partial charge in [0.2, 0.25) is 0 Å². The highest BCUT2D eigenvalue weighted by molar-refractivity contribution is 5.73. The molecule has 0 aliphatic carbocycles. The Hall–Kier alpha value is -2.48. The van der Waals surface area contributed by atoms with Crippen LogP contribution in [0.1, 0.15) is 18.4 Å². The molecule has 2 aromatic heterocycles. The molecule has 1 fully saturated rings. The van der Waals surface area contributed by atoms with Crippen LogP contribution in [-0.2, 0) is 11.3 Å². The molecule has 22 heavy (non-hydrogen) atoms. The summed E-state index contributed by atoms with van der Waals surface area (Å²) in [6.07, 6.45) is 6.96. The van der Waals surface area contributed by atoms with Gasteiger partial charge in [-0.2, -0.15) is 5.10 Å². The molecule has 2 N–H and O–H groups in total. The number of hydrogen-bond donors (Lipinski definition) is 2. The fourth-order valence-corrected chi connectivity index (χ4v) is 2.24. The van der Waals surface area contributed by atoms with E-state index in [0.717, 1.165) is 25.0 Å². The third-order valence-corrected chi connectivity index (χ3v) is 3.43. The quantitative estimate of drug-likeness (QED) is 0.845. The molecule has 0 radical (unpaired) electrons. The van der Waals surface area contributed by atoms with E-state index in [-0.39, 0.29) is 12.1 Å². The van der Waals surface area contributed by atoms with Gasteiger partial charge in [-0.3, -0.25) is 0 Å². The number of ether oxygens (including phenoxy) is 1. The van der Waals surface area contributed by atoms with E-state index in [1.807, 2.05) is 12.1 Å². The Balaban J connectivity index is 1.43. The van der Waals surface area contributed by atoms with E-state index in [0.29, 0.717) is 18.9 Å². The van der Waals surface area contributed by atoms with Crippen LogP contribution in [0.15, 0.2) is 31.0 Å². The van der Waals surface area contributed by atoms with Gasteiger partial charge in [-0.25, -0.2) is 19.4 Å². The molecule has 8 heteroatoms. The standard InChI is InChI=1S/C14H18N6O2/c21-14(18-8-12-2-1-5-22-12)17-7-11-3-4-13(16-6-11)20-10-15-9-19-20/h3-4,6,9-10,12H,1-2,5,7-8H2,(H2,17,18,21). The number of amides is 2. The zero-order valence-corrected chi connectivity index (χ0v) is 12.1. The summed E-state index contributed by atoms with van der Waals surface area (Å²) < 4.78 is 7.02. The first kappa shape index (κ1) is 14.5. The minimum Gasteiger partial charge on any atom is -0.376 e. The van der Waals surface area contributed by atoms with Crippen molar-refractivity contribution in [1.29, 1.82) is 0 Å². The van der Waals surface area contributed by atoms with Crippen LogP contribution in [0.2, 0.25) is 0 Å². The molecule has 2 aromatic rings. The van der Waals surface area contributed by atoms with Crippen molar-refractivity contribution in [3.05, 3.63) is 36.5 Å². The molecule has 0 bridgehead atoms. The number of urea groups is 1. The number of pyridine rings is 1. The predicted molar refractivity (Wildman–Crippen MR) is 78.4 cm³/mol. The molecular weight excluding hydrogens is 284 g/mol. The van der Waals surface area contributed by atoms with Crippen LogP contribution < -0.4 is 10.6 Å². The Morgan fingerprint density at radius 1 is 1.41 bits per heavy atom. The highest BCUT2D eigenvalue weighted by Crippen LogP contribution is 2.10. The molecule has 0 aromatic carbocycles. The zero-order valence-electron chi connectivity index (χ0n) is 12.1. The maximum atomic E-state index is 11.7. The lowest BCUT2D eigenvalue weighted by Gasteiger charge is -2.11. The zero-order chi connectivity index (χ0) is 15.2. The summed E-state index contributed by atoms with van der Waals surface area (Å²) >= 11 is 0. The number of nitrogens with zero attached hydrogens (tertiary/aromatic N) is 4. The van der Waals surface area contributed by atoms with Crippen molar-refractivity contribution in [3.63, 3.8) is 0 Å². The number of carbonyl (C=O) groups excluding carboxylic acids is 1. The fraction of sp³-hybridized carbons (Fsp3) is 0.429. The molecule has 2 amide bonds. The van der Waals surface area contributed by atoms with E-state index in [4.69, 9.17) is 4.74 Å². The van der Waals surface area contributed by atoms with Gasteiger partial charge in [0.25, 0.3) is 0 Å². The van der Waals surface area contributed by atoms with E-state index in [2.05, 4.69) is 25.7 Å². The Morgan fingerprint density at radius 3 is 3.05 bits per heavy atom. The molecule has 0 saturated carbocycles. The van der Waals surface area contributed by atoms with E-state index in [9.17, 15) is 4.79 Å². The minimum atomic E-state index is -0.198. The summed E-state index contributed by atoms with van der Waals surface area (Å²) in [6, 6.07) is 3.52. The maximum absolute atomic E-state index is 11.7. The number of rotatable bonds is 5. The molecule has 1 aliphatic heterocycles. The lowest BCUT2D eigenvalue weighted by Crippen LogP contribution is -2.39. The highest BCUT2D eigenvalue weighted by Gasteiger charge is 2.15. The number of aromatic nitrogens is 4. The van der Waals surface area contributed by atoms with Crippen molar-refractivity contribution < 1.29 is 9.53 Å². The second kappa shape index (κ2) is 6.99. The summed E-state index contributed by atoms with van der Waals surface area (Å²) in [5, 5.41) is 9.61. The van der Waals surface area contributed by atoms with Gasteiger partial charge < -0.3 is 15.4 Å². The minimum absolute atomic E-state index is 0.148. The van der Waals surface area contributed by atoms with Gasteiger partial charge in [-0.1, -0.05) is 6.07 Å². The van der Waals surface area contributed by atoms with Crippen molar-refractivity contribution in [2.24, 2.45) is 0 Å². The molecule has 1 unspecified atom stereocenters. The molecule has 3 rings (SSSR count). The number of carbonyl (C=O) groups is 1. The van der Waals surface area contributed by atoms with Gasteiger partial charge in [0, 0.05) is 25.9 Å². The monoisotopic (exact) mass is 302 g/mol. The third kappa shape index (κ3) is 3.79. The highest BCUT2D eigenvalue weighted by atomic mass is 16.5. The average molecular weight is 302 g/mol. The molecule has 8 nitrogen and oxygen atoms in total. The van der Waals surface area contributed by atoms with E-state index in [1.54, 1.807) is 17.2 Å². The average Bonchev–Trinajstić information content (AvgIpc) is 3.24. The molecule has 116 valence electrons. The van der Waals surface area contributed by atoms with Gasteiger partial charge >= 0.3 is 6.03 Å². The van der Waals surface area contributed by atoms with Gasteiger partial charge in [-0.05, 0) is 24.5 Å². The molecule has 1 saturated heterocycles.